The van der Waals surface area contributed by atoms with Gasteiger partial charge in [0.05, 0.1) is 10.5 Å². The number of carbonyl (C=O) groups excluding carboxylic acids is 1. The Bertz CT molecular complexity index is 943. The Labute approximate surface area is 155 Å². The molecule has 0 fully saturated rings. The SMILES string of the molecule is CN(Cc1cc([N+](=O)[O-])ccc1Cl)C(=O)Cn1cc(C(F)(F)F)ccc1=O. The molecular formula is C16H13ClF3N3O4. The Hall–Kier alpha value is -2.88. The van der Waals surface area contributed by atoms with Gasteiger partial charge in [-0.25, -0.2) is 0 Å². The number of likely N-dealkylation sites (N-methyl/N-ethyl adjacent to an activating group) is 1. The first-order valence-electron chi connectivity index (χ1n) is 7.43. The van der Waals surface area contributed by atoms with E-state index < -0.39 is 34.7 Å². The molecule has 0 unspecified atom stereocenters. The van der Waals surface area contributed by atoms with Crippen molar-refractivity contribution in [2.75, 3.05) is 7.05 Å². The molecule has 0 N–H and O–H groups in total. The molecule has 0 aliphatic heterocycles. The fourth-order valence-corrected chi connectivity index (χ4v) is 2.41. The van der Waals surface area contributed by atoms with E-state index in [4.69, 9.17) is 11.6 Å². The molecule has 0 bridgehead atoms. The second kappa shape index (κ2) is 7.78. The van der Waals surface area contributed by atoms with Gasteiger partial charge < -0.3 is 9.47 Å². The van der Waals surface area contributed by atoms with Crippen LogP contribution in [0.1, 0.15) is 11.1 Å². The number of hydrogen-bond donors (Lipinski definition) is 0. The highest BCUT2D eigenvalue weighted by Crippen LogP contribution is 2.28. The minimum atomic E-state index is -4.65. The van der Waals surface area contributed by atoms with Gasteiger partial charge in [-0.05, 0) is 17.7 Å². The fourth-order valence-electron chi connectivity index (χ4n) is 2.23. The average Bonchev–Trinajstić information content (AvgIpc) is 2.57. The smallest absolute Gasteiger partial charge is 0.340 e. The van der Waals surface area contributed by atoms with Crippen LogP contribution in [0.2, 0.25) is 5.02 Å². The lowest BCUT2D eigenvalue weighted by Crippen LogP contribution is -2.33. The summed E-state index contributed by atoms with van der Waals surface area (Å²) >= 11 is 5.97. The minimum Gasteiger partial charge on any atom is -0.340 e. The zero-order valence-electron chi connectivity index (χ0n) is 13.9. The number of benzene rings is 1. The predicted octanol–water partition coefficient (Wildman–Crippen LogP) is 3.09. The van der Waals surface area contributed by atoms with E-state index in [-0.39, 0.29) is 22.8 Å². The summed E-state index contributed by atoms with van der Waals surface area (Å²) in [6.45, 7) is -0.737. The Balaban J connectivity index is 2.19. The first kappa shape index (κ1) is 20.4. The van der Waals surface area contributed by atoms with Gasteiger partial charge in [0, 0.05) is 43.0 Å². The van der Waals surface area contributed by atoms with Crippen molar-refractivity contribution in [3.8, 4) is 0 Å². The van der Waals surface area contributed by atoms with Gasteiger partial charge in [-0.15, -0.1) is 0 Å². The van der Waals surface area contributed by atoms with E-state index in [1.54, 1.807) is 0 Å². The van der Waals surface area contributed by atoms with Gasteiger partial charge in [0.15, 0.2) is 0 Å². The quantitative estimate of drug-likeness (QED) is 0.567. The van der Waals surface area contributed by atoms with E-state index in [1.807, 2.05) is 0 Å². The molecule has 1 aromatic carbocycles. The third kappa shape index (κ3) is 5.07. The summed E-state index contributed by atoms with van der Waals surface area (Å²) < 4.78 is 38.9. The van der Waals surface area contributed by atoms with Crippen molar-refractivity contribution in [2.24, 2.45) is 0 Å². The number of pyridine rings is 1. The van der Waals surface area contributed by atoms with Crippen LogP contribution in [0.4, 0.5) is 18.9 Å². The summed E-state index contributed by atoms with van der Waals surface area (Å²) in [6, 6.07) is 5.08. The molecule has 0 radical (unpaired) electrons. The van der Waals surface area contributed by atoms with E-state index >= 15 is 0 Å². The maximum absolute atomic E-state index is 12.8. The summed E-state index contributed by atoms with van der Waals surface area (Å²) in [5, 5.41) is 11.0. The van der Waals surface area contributed by atoms with Gasteiger partial charge in [0.25, 0.3) is 11.2 Å². The van der Waals surface area contributed by atoms with Gasteiger partial charge in [0.2, 0.25) is 5.91 Å². The average molecular weight is 404 g/mol. The van der Waals surface area contributed by atoms with E-state index in [2.05, 4.69) is 0 Å². The van der Waals surface area contributed by atoms with Crippen molar-refractivity contribution in [3.05, 3.63) is 73.1 Å². The normalized spacial score (nSPS) is 11.3. The Morgan fingerprint density at radius 1 is 1.30 bits per heavy atom. The molecule has 0 atom stereocenters. The zero-order valence-corrected chi connectivity index (χ0v) is 14.6. The molecule has 27 heavy (non-hydrogen) atoms. The molecule has 0 aliphatic rings. The first-order valence-corrected chi connectivity index (χ1v) is 7.81. The van der Waals surface area contributed by atoms with Crippen molar-refractivity contribution in [1.82, 2.24) is 9.47 Å². The molecule has 144 valence electrons. The van der Waals surface area contributed by atoms with Crippen LogP contribution < -0.4 is 5.56 Å². The highest BCUT2D eigenvalue weighted by atomic mass is 35.5. The summed E-state index contributed by atoms with van der Waals surface area (Å²) in [5.41, 5.74) is -1.75. The van der Waals surface area contributed by atoms with Crippen molar-refractivity contribution in [3.63, 3.8) is 0 Å². The maximum Gasteiger partial charge on any atom is 0.417 e. The Kier molecular flexibility index (Phi) is 5.89. The van der Waals surface area contributed by atoms with Crippen LogP contribution >= 0.6 is 11.6 Å². The van der Waals surface area contributed by atoms with Crippen LogP contribution in [-0.4, -0.2) is 27.3 Å². The Morgan fingerprint density at radius 3 is 2.56 bits per heavy atom. The number of non-ortho nitro benzene ring substituents is 1. The maximum atomic E-state index is 12.8. The second-order valence-corrected chi connectivity index (χ2v) is 6.07. The van der Waals surface area contributed by atoms with E-state index in [1.165, 1.54) is 25.2 Å². The number of hydrogen-bond acceptors (Lipinski definition) is 4. The largest absolute Gasteiger partial charge is 0.417 e. The molecule has 1 aromatic heterocycles. The van der Waals surface area contributed by atoms with Crippen LogP contribution in [0.25, 0.3) is 0 Å². The molecule has 0 spiro atoms. The number of rotatable bonds is 5. The first-order chi connectivity index (χ1) is 12.5. The van der Waals surface area contributed by atoms with Gasteiger partial charge in [-0.2, -0.15) is 13.2 Å². The lowest BCUT2D eigenvalue weighted by molar-refractivity contribution is -0.384. The fraction of sp³-hybridized carbons (Fsp3) is 0.250. The number of nitrogens with zero attached hydrogens (tertiary/aromatic N) is 3. The highest BCUT2D eigenvalue weighted by molar-refractivity contribution is 6.31. The van der Waals surface area contributed by atoms with Crippen molar-refractivity contribution in [1.29, 1.82) is 0 Å². The molecule has 2 rings (SSSR count). The van der Waals surface area contributed by atoms with E-state index in [9.17, 15) is 32.9 Å². The number of halogens is 4. The third-order valence-corrected chi connectivity index (χ3v) is 4.06. The number of nitro groups is 1. The zero-order chi connectivity index (χ0) is 20.4. The van der Waals surface area contributed by atoms with Gasteiger partial charge in [0.1, 0.15) is 6.54 Å². The monoisotopic (exact) mass is 403 g/mol. The van der Waals surface area contributed by atoms with Crippen molar-refractivity contribution >= 4 is 23.2 Å². The molecule has 1 amide bonds. The second-order valence-electron chi connectivity index (χ2n) is 5.66. The summed E-state index contributed by atoms with van der Waals surface area (Å²) in [6.07, 6.45) is -4.09. The van der Waals surface area contributed by atoms with Crippen LogP contribution in [-0.2, 0) is 24.1 Å². The van der Waals surface area contributed by atoms with E-state index in [0.29, 0.717) is 16.8 Å². The lowest BCUT2D eigenvalue weighted by atomic mass is 10.2. The third-order valence-electron chi connectivity index (χ3n) is 3.69. The molecule has 11 heteroatoms. The summed E-state index contributed by atoms with van der Waals surface area (Å²) in [4.78, 5) is 35.3. The standard InChI is InChI=1S/C16H13ClF3N3O4/c1-21(7-10-6-12(23(26)27)3-4-13(10)17)15(25)9-22-8-11(16(18,19)20)2-5-14(22)24/h2-6,8H,7,9H2,1H3. The number of aromatic nitrogens is 1. The Morgan fingerprint density at radius 2 is 1.96 bits per heavy atom. The van der Waals surface area contributed by atoms with E-state index in [0.717, 1.165) is 11.0 Å². The van der Waals surface area contributed by atoms with Crippen molar-refractivity contribution < 1.29 is 22.9 Å². The predicted molar refractivity (Wildman–Crippen MR) is 90.3 cm³/mol. The summed E-state index contributed by atoms with van der Waals surface area (Å²) in [5.74, 6) is -0.668. The number of nitro benzene ring substituents is 1. The van der Waals surface area contributed by atoms with Crippen LogP contribution in [0.3, 0.4) is 0 Å². The lowest BCUT2D eigenvalue weighted by Gasteiger charge is -2.19. The molecule has 7 nitrogen and oxygen atoms in total. The topological polar surface area (TPSA) is 85.4 Å². The van der Waals surface area contributed by atoms with Gasteiger partial charge in [-0.3, -0.25) is 19.7 Å². The number of alkyl halides is 3. The number of amides is 1. The molecule has 0 saturated carbocycles. The van der Waals surface area contributed by atoms with Crippen LogP contribution in [0.15, 0.2) is 41.3 Å². The molecular weight excluding hydrogens is 391 g/mol. The molecule has 1 heterocycles. The van der Waals surface area contributed by atoms with Crippen LogP contribution in [0, 0.1) is 10.1 Å². The molecule has 2 aromatic rings. The minimum absolute atomic E-state index is 0.118. The van der Waals surface area contributed by atoms with Crippen LogP contribution in [0.5, 0.6) is 0 Å². The van der Waals surface area contributed by atoms with Crippen molar-refractivity contribution in [2.45, 2.75) is 19.3 Å². The van der Waals surface area contributed by atoms with Gasteiger partial charge >= 0.3 is 6.18 Å². The number of carbonyl (C=O) groups is 1. The summed E-state index contributed by atoms with van der Waals surface area (Å²) in [7, 11) is 1.34. The molecule has 0 saturated heterocycles. The highest BCUT2D eigenvalue weighted by Gasteiger charge is 2.31. The van der Waals surface area contributed by atoms with Gasteiger partial charge in [-0.1, -0.05) is 11.6 Å². The molecule has 0 aliphatic carbocycles.